The van der Waals surface area contributed by atoms with Gasteiger partial charge in [0, 0.05) is 23.6 Å². The van der Waals surface area contributed by atoms with Gasteiger partial charge >= 0.3 is 0 Å². The van der Waals surface area contributed by atoms with Gasteiger partial charge in [0.15, 0.2) is 0 Å². The largest absolute Gasteiger partial charge is 0.271 e. The van der Waals surface area contributed by atoms with Crippen LogP contribution in [0.5, 0.6) is 0 Å². The zero-order valence-electron chi connectivity index (χ0n) is 10.8. The van der Waals surface area contributed by atoms with Crippen molar-refractivity contribution in [3.05, 3.63) is 40.6 Å². The Kier molecular flexibility index (Phi) is 5.00. The Balaban J connectivity index is 2.14. The summed E-state index contributed by atoms with van der Waals surface area (Å²) in [5.41, 5.74) is 3.67. The second-order valence-corrected chi connectivity index (χ2v) is 5.14. The number of hydrazine groups is 1. The molecule has 0 bridgehead atoms. The molecule has 2 aromatic rings. The van der Waals surface area contributed by atoms with Crippen LogP contribution in [0.3, 0.4) is 0 Å². The Morgan fingerprint density at radius 3 is 2.89 bits per heavy atom. The summed E-state index contributed by atoms with van der Waals surface area (Å²) in [4.78, 5) is 8.64. The van der Waals surface area contributed by atoms with E-state index in [0.29, 0.717) is 6.42 Å². The Bertz CT molecular complexity index is 509. The molecule has 0 aromatic carbocycles. The van der Waals surface area contributed by atoms with Gasteiger partial charge in [0.05, 0.1) is 11.7 Å². The summed E-state index contributed by atoms with van der Waals surface area (Å²) < 4.78 is 2.85. The minimum absolute atomic E-state index is 0.0760. The number of pyridine rings is 1. The smallest absolute Gasteiger partial charge is 0.138 e. The van der Waals surface area contributed by atoms with Crippen LogP contribution in [-0.4, -0.2) is 19.7 Å². The van der Waals surface area contributed by atoms with Crippen molar-refractivity contribution in [1.29, 1.82) is 0 Å². The summed E-state index contributed by atoms with van der Waals surface area (Å²) in [6.45, 7) is 2.97. The maximum Gasteiger partial charge on any atom is 0.138 e. The number of hydrogen-bond donors (Lipinski definition) is 2. The van der Waals surface area contributed by atoms with Crippen LogP contribution in [-0.2, 0) is 13.0 Å². The highest BCUT2D eigenvalue weighted by molar-refractivity contribution is 9.10. The van der Waals surface area contributed by atoms with Crippen molar-refractivity contribution in [3.8, 4) is 0 Å². The zero-order valence-corrected chi connectivity index (χ0v) is 12.3. The first kappa shape index (κ1) is 14.1. The molecule has 2 aromatic heterocycles. The standard InChI is InChI=1S/C12H17BrN6/c1-2-5-19-12(16-8-17-19)6-11(18-14)10-4-3-9(13)7-15-10/h3-4,7-8,11,18H,2,5-6,14H2,1H3. The molecule has 0 amide bonds. The van der Waals surface area contributed by atoms with Gasteiger partial charge in [-0.05, 0) is 34.5 Å². The van der Waals surface area contributed by atoms with Crippen LogP contribution in [0.15, 0.2) is 29.1 Å². The maximum absolute atomic E-state index is 5.62. The molecule has 0 aliphatic carbocycles. The van der Waals surface area contributed by atoms with Crippen LogP contribution in [0.4, 0.5) is 0 Å². The SMILES string of the molecule is CCCn1ncnc1CC(NN)c1ccc(Br)cn1. The summed E-state index contributed by atoms with van der Waals surface area (Å²) in [5.74, 6) is 6.54. The fourth-order valence-electron chi connectivity index (χ4n) is 1.87. The molecule has 19 heavy (non-hydrogen) atoms. The summed E-state index contributed by atoms with van der Waals surface area (Å²) in [5, 5.41) is 4.21. The molecule has 7 heteroatoms. The Morgan fingerprint density at radius 1 is 1.42 bits per heavy atom. The minimum Gasteiger partial charge on any atom is -0.271 e. The minimum atomic E-state index is -0.0760. The Morgan fingerprint density at radius 2 is 2.26 bits per heavy atom. The van der Waals surface area contributed by atoms with Gasteiger partial charge in [0.25, 0.3) is 0 Å². The van der Waals surface area contributed by atoms with Gasteiger partial charge in [0.2, 0.25) is 0 Å². The van der Waals surface area contributed by atoms with Gasteiger partial charge in [0.1, 0.15) is 12.2 Å². The molecule has 0 saturated heterocycles. The Hall–Kier alpha value is -1.31. The fourth-order valence-corrected chi connectivity index (χ4v) is 2.10. The number of rotatable bonds is 6. The first-order valence-corrected chi connectivity index (χ1v) is 6.98. The van der Waals surface area contributed by atoms with Gasteiger partial charge < -0.3 is 0 Å². The number of hydrogen-bond acceptors (Lipinski definition) is 5. The highest BCUT2D eigenvalue weighted by Crippen LogP contribution is 2.16. The molecule has 3 N–H and O–H groups in total. The monoisotopic (exact) mass is 324 g/mol. The molecular formula is C12H17BrN6. The van der Waals surface area contributed by atoms with Crippen molar-refractivity contribution in [3.63, 3.8) is 0 Å². The lowest BCUT2D eigenvalue weighted by molar-refractivity contribution is 0.491. The van der Waals surface area contributed by atoms with Crippen molar-refractivity contribution >= 4 is 15.9 Å². The molecule has 102 valence electrons. The molecule has 0 spiro atoms. The first-order valence-electron chi connectivity index (χ1n) is 6.18. The van der Waals surface area contributed by atoms with Crippen molar-refractivity contribution in [2.45, 2.75) is 32.4 Å². The number of aryl methyl sites for hydroxylation is 1. The third-order valence-electron chi connectivity index (χ3n) is 2.83. The summed E-state index contributed by atoms with van der Waals surface area (Å²) in [6.07, 6.45) is 5.02. The molecular weight excluding hydrogens is 308 g/mol. The lowest BCUT2D eigenvalue weighted by Gasteiger charge is -2.15. The lowest BCUT2D eigenvalue weighted by Crippen LogP contribution is -2.31. The van der Waals surface area contributed by atoms with Crippen LogP contribution in [0.25, 0.3) is 0 Å². The molecule has 0 saturated carbocycles. The molecule has 1 atom stereocenters. The summed E-state index contributed by atoms with van der Waals surface area (Å²) in [6, 6.07) is 3.81. The van der Waals surface area contributed by atoms with Gasteiger partial charge in [-0.3, -0.25) is 20.9 Å². The predicted octanol–water partition coefficient (Wildman–Crippen LogP) is 1.59. The van der Waals surface area contributed by atoms with E-state index in [1.165, 1.54) is 0 Å². The highest BCUT2D eigenvalue weighted by atomic mass is 79.9. The molecule has 2 rings (SSSR count). The molecule has 0 aliphatic rings. The first-order chi connectivity index (χ1) is 9.24. The van der Waals surface area contributed by atoms with Crippen molar-refractivity contribution in [2.24, 2.45) is 5.84 Å². The average Bonchev–Trinajstić information content (AvgIpc) is 2.85. The van der Waals surface area contributed by atoms with E-state index in [4.69, 9.17) is 5.84 Å². The summed E-state index contributed by atoms with van der Waals surface area (Å²) >= 11 is 3.37. The molecule has 2 heterocycles. The maximum atomic E-state index is 5.62. The molecule has 0 aliphatic heterocycles. The van der Waals surface area contributed by atoms with E-state index in [9.17, 15) is 0 Å². The second-order valence-electron chi connectivity index (χ2n) is 4.22. The van der Waals surface area contributed by atoms with E-state index in [1.54, 1.807) is 12.5 Å². The van der Waals surface area contributed by atoms with Gasteiger partial charge in [-0.1, -0.05) is 6.92 Å². The number of nitrogens with one attached hydrogen (secondary N) is 1. The van der Waals surface area contributed by atoms with Crippen LogP contribution in [0, 0.1) is 0 Å². The topological polar surface area (TPSA) is 81.7 Å². The van der Waals surface area contributed by atoms with E-state index in [0.717, 1.165) is 29.0 Å². The molecule has 0 radical (unpaired) electrons. The number of halogens is 1. The van der Waals surface area contributed by atoms with Crippen LogP contribution in [0.2, 0.25) is 0 Å². The quantitative estimate of drug-likeness (QED) is 0.623. The van der Waals surface area contributed by atoms with Crippen LogP contribution in [0.1, 0.15) is 30.9 Å². The predicted molar refractivity (Wildman–Crippen MR) is 76.0 cm³/mol. The third kappa shape index (κ3) is 3.59. The number of nitrogens with zero attached hydrogens (tertiary/aromatic N) is 4. The zero-order chi connectivity index (χ0) is 13.7. The lowest BCUT2D eigenvalue weighted by atomic mass is 10.1. The van der Waals surface area contributed by atoms with Crippen LogP contribution < -0.4 is 11.3 Å². The molecule has 1 unspecified atom stereocenters. The van der Waals surface area contributed by atoms with E-state index in [-0.39, 0.29) is 6.04 Å². The van der Waals surface area contributed by atoms with Crippen LogP contribution >= 0.6 is 15.9 Å². The number of nitrogens with two attached hydrogens (primary N) is 1. The highest BCUT2D eigenvalue weighted by Gasteiger charge is 2.15. The number of aromatic nitrogens is 4. The fraction of sp³-hybridized carbons (Fsp3) is 0.417. The van der Waals surface area contributed by atoms with Crippen molar-refractivity contribution in [2.75, 3.05) is 0 Å². The normalized spacial score (nSPS) is 12.6. The average molecular weight is 325 g/mol. The third-order valence-corrected chi connectivity index (χ3v) is 3.30. The van der Waals surface area contributed by atoms with E-state index < -0.39 is 0 Å². The Labute approximate surface area is 120 Å². The van der Waals surface area contributed by atoms with Gasteiger partial charge in [-0.25, -0.2) is 4.98 Å². The van der Waals surface area contributed by atoms with E-state index in [2.05, 4.69) is 43.3 Å². The second kappa shape index (κ2) is 6.74. The van der Waals surface area contributed by atoms with Crippen molar-refractivity contribution in [1.82, 2.24) is 25.2 Å². The summed E-state index contributed by atoms with van der Waals surface area (Å²) in [7, 11) is 0. The van der Waals surface area contributed by atoms with E-state index >= 15 is 0 Å². The van der Waals surface area contributed by atoms with Gasteiger partial charge in [-0.15, -0.1) is 0 Å². The molecule has 0 fully saturated rings. The van der Waals surface area contributed by atoms with E-state index in [1.807, 2.05) is 16.8 Å². The van der Waals surface area contributed by atoms with Crippen molar-refractivity contribution < 1.29 is 0 Å². The van der Waals surface area contributed by atoms with Gasteiger partial charge in [-0.2, -0.15) is 5.10 Å². The molecule has 6 nitrogen and oxygen atoms in total.